The Morgan fingerprint density at radius 3 is 1.78 bits per heavy atom. The summed E-state index contributed by atoms with van der Waals surface area (Å²) < 4.78 is 4.59. The fourth-order valence-electron chi connectivity index (χ4n) is 3.14. The average molecular weight is 313 g/mol. The van der Waals surface area contributed by atoms with Gasteiger partial charge in [-0.3, -0.25) is 0 Å². The van der Waals surface area contributed by atoms with Crippen LogP contribution in [0.2, 0.25) is 0 Å². The highest BCUT2D eigenvalue weighted by Crippen LogP contribution is 2.22. The van der Waals surface area contributed by atoms with Crippen LogP contribution in [0.15, 0.2) is 24.3 Å². The highest BCUT2D eigenvalue weighted by Gasteiger charge is 2.15. The first kappa shape index (κ1) is 17.7. The number of aromatic nitrogens is 2. The zero-order valence-corrected chi connectivity index (χ0v) is 15.7. The topological polar surface area (TPSA) is 7.76 Å². The molecule has 0 aliphatic heterocycles. The number of hydrogen-bond acceptors (Lipinski definition) is 0. The molecule has 0 aliphatic rings. The highest BCUT2D eigenvalue weighted by atomic mass is 14.9. The van der Waals surface area contributed by atoms with Gasteiger partial charge in [0.25, 0.3) is 0 Å². The van der Waals surface area contributed by atoms with Crippen LogP contribution in [0.3, 0.4) is 0 Å². The van der Waals surface area contributed by atoms with Crippen LogP contribution in [0.5, 0.6) is 0 Å². The molecule has 2 heteroatoms. The van der Waals surface area contributed by atoms with Crippen molar-refractivity contribution in [2.45, 2.75) is 59.8 Å². The quantitative estimate of drug-likeness (QED) is 0.561. The van der Waals surface area contributed by atoms with E-state index in [-0.39, 0.29) is 0 Å². The van der Waals surface area contributed by atoms with Crippen molar-refractivity contribution in [3.05, 3.63) is 47.0 Å². The van der Waals surface area contributed by atoms with Gasteiger partial charge in [0.15, 0.2) is 22.8 Å². The Kier molecular flexibility index (Phi) is 5.92. The fourth-order valence-corrected chi connectivity index (χ4v) is 3.14. The average Bonchev–Trinajstić information content (AvgIpc) is 2.52. The third kappa shape index (κ3) is 4.19. The molecule has 0 bridgehead atoms. The van der Waals surface area contributed by atoms with Crippen molar-refractivity contribution in [1.29, 1.82) is 0 Å². The molecule has 0 fully saturated rings. The Morgan fingerprint density at radius 1 is 0.696 bits per heavy atom. The van der Waals surface area contributed by atoms with E-state index >= 15 is 0 Å². The summed E-state index contributed by atoms with van der Waals surface area (Å²) in [6, 6.07) is 9.28. The number of nitrogens with zero attached hydrogens (tertiary/aromatic N) is 2. The lowest BCUT2D eigenvalue weighted by atomic mass is 10.0. The van der Waals surface area contributed by atoms with E-state index in [0.29, 0.717) is 0 Å². The summed E-state index contributed by atoms with van der Waals surface area (Å²) in [7, 11) is 4.32. The van der Waals surface area contributed by atoms with Crippen molar-refractivity contribution in [3.8, 4) is 11.1 Å². The molecule has 0 saturated heterocycles. The molecule has 2 rings (SSSR count). The molecule has 0 atom stereocenters. The van der Waals surface area contributed by atoms with E-state index in [9.17, 15) is 0 Å². The normalized spacial score (nSPS) is 11.0. The summed E-state index contributed by atoms with van der Waals surface area (Å²) in [4.78, 5) is 0. The third-order valence-electron chi connectivity index (χ3n) is 5.05. The van der Waals surface area contributed by atoms with Crippen molar-refractivity contribution >= 4 is 0 Å². The Morgan fingerprint density at radius 2 is 1.22 bits per heavy atom. The lowest BCUT2D eigenvalue weighted by Crippen LogP contribution is -2.37. The van der Waals surface area contributed by atoms with Gasteiger partial charge in [-0.15, -0.1) is 0 Å². The predicted molar refractivity (Wildman–Crippen MR) is 96.3 cm³/mol. The van der Waals surface area contributed by atoms with Gasteiger partial charge in [-0.25, -0.2) is 9.13 Å². The molecule has 0 N–H and O–H groups in total. The molecule has 0 spiro atoms. The number of aryl methyl sites for hydroxylation is 4. The maximum absolute atomic E-state index is 2.38. The minimum absolute atomic E-state index is 1.17. The van der Waals surface area contributed by atoms with Crippen molar-refractivity contribution in [3.63, 3.8) is 0 Å². The third-order valence-corrected chi connectivity index (χ3v) is 5.05. The standard InChI is InChI=1S/C21H32N2/c1-7-8-9-10-11-21-15-20(14-18(4)23(21)6)19-12-16(2)22(5)17(3)13-19/h12-15H,7-11H2,1-6H3/q+2. The van der Waals surface area contributed by atoms with Crippen molar-refractivity contribution < 1.29 is 9.13 Å². The first-order chi connectivity index (χ1) is 10.9. The van der Waals surface area contributed by atoms with Crippen LogP contribution < -0.4 is 9.13 Å². The van der Waals surface area contributed by atoms with Crippen molar-refractivity contribution in [2.75, 3.05) is 0 Å². The first-order valence-corrected chi connectivity index (χ1v) is 8.91. The molecule has 0 aliphatic carbocycles. The number of hydrogen-bond donors (Lipinski definition) is 0. The van der Waals surface area contributed by atoms with Gasteiger partial charge in [0.1, 0.15) is 14.1 Å². The Bertz CT molecular complexity index is 663. The van der Waals surface area contributed by atoms with Crippen LogP contribution in [-0.2, 0) is 20.5 Å². The van der Waals surface area contributed by atoms with Crippen molar-refractivity contribution in [2.24, 2.45) is 14.1 Å². The molecule has 0 radical (unpaired) electrons. The molecule has 2 aromatic heterocycles. The van der Waals surface area contributed by atoms with Crippen LogP contribution in [0.1, 0.15) is 55.4 Å². The summed E-state index contributed by atoms with van der Waals surface area (Å²) in [6.45, 7) is 8.84. The lowest BCUT2D eigenvalue weighted by molar-refractivity contribution is -0.685. The van der Waals surface area contributed by atoms with Gasteiger partial charge >= 0.3 is 0 Å². The van der Waals surface area contributed by atoms with Gasteiger partial charge in [0.05, 0.1) is 0 Å². The molecule has 2 aromatic rings. The fraction of sp³-hybridized carbons (Fsp3) is 0.524. The van der Waals surface area contributed by atoms with E-state index in [4.69, 9.17) is 0 Å². The molecule has 0 unspecified atom stereocenters. The number of pyridine rings is 2. The van der Waals surface area contributed by atoms with Gasteiger partial charge in [0, 0.05) is 51.5 Å². The van der Waals surface area contributed by atoms with E-state index in [1.807, 2.05) is 0 Å². The monoisotopic (exact) mass is 312 g/mol. The van der Waals surface area contributed by atoms with Crippen LogP contribution in [0, 0.1) is 20.8 Å². The minimum atomic E-state index is 1.17. The molecule has 124 valence electrons. The zero-order chi connectivity index (χ0) is 17.0. The SMILES string of the molecule is CCCCCCc1cc(-c2cc(C)[n+](C)c(C)c2)cc(C)[n+]1C. The van der Waals surface area contributed by atoms with Crippen LogP contribution in [0.4, 0.5) is 0 Å². The van der Waals surface area contributed by atoms with E-state index in [0.717, 1.165) is 0 Å². The van der Waals surface area contributed by atoms with Gasteiger partial charge in [-0.1, -0.05) is 26.2 Å². The molecule has 0 aromatic carbocycles. The zero-order valence-electron chi connectivity index (χ0n) is 15.7. The first-order valence-electron chi connectivity index (χ1n) is 8.91. The molecular weight excluding hydrogens is 280 g/mol. The minimum Gasteiger partial charge on any atom is -0.203 e. The summed E-state index contributed by atoms with van der Waals surface area (Å²) in [5.74, 6) is 0. The Labute approximate surface area is 141 Å². The Hall–Kier alpha value is -1.70. The highest BCUT2D eigenvalue weighted by molar-refractivity contribution is 5.63. The van der Waals surface area contributed by atoms with Crippen LogP contribution >= 0.6 is 0 Å². The van der Waals surface area contributed by atoms with E-state index in [1.165, 1.54) is 66.0 Å². The van der Waals surface area contributed by atoms with E-state index in [1.54, 1.807) is 0 Å². The van der Waals surface area contributed by atoms with Gasteiger partial charge in [-0.2, -0.15) is 0 Å². The summed E-state index contributed by atoms with van der Waals surface area (Å²) in [5, 5.41) is 0. The molecular formula is C21H32N2+2. The second-order valence-corrected chi connectivity index (χ2v) is 6.83. The van der Waals surface area contributed by atoms with E-state index < -0.39 is 0 Å². The summed E-state index contributed by atoms with van der Waals surface area (Å²) in [5.41, 5.74) is 8.05. The lowest BCUT2D eigenvalue weighted by Gasteiger charge is -2.08. The maximum atomic E-state index is 2.38. The second-order valence-electron chi connectivity index (χ2n) is 6.83. The smallest absolute Gasteiger partial charge is 0.181 e. The summed E-state index contributed by atoms with van der Waals surface area (Å²) in [6.07, 6.45) is 6.43. The molecule has 2 heterocycles. The van der Waals surface area contributed by atoms with Gasteiger partial charge < -0.3 is 0 Å². The van der Waals surface area contributed by atoms with Crippen molar-refractivity contribution in [1.82, 2.24) is 0 Å². The predicted octanol–water partition coefficient (Wildman–Crippen LogP) is 4.05. The molecule has 23 heavy (non-hydrogen) atoms. The van der Waals surface area contributed by atoms with Crippen LogP contribution in [-0.4, -0.2) is 0 Å². The van der Waals surface area contributed by atoms with Gasteiger partial charge in [-0.05, 0) is 17.5 Å². The number of unbranched alkanes of at least 4 members (excludes halogenated alkanes) is 3. The number of rotatable bonds is 6. The second kappa shape index (κ2) is 7.72. The Balaban J connectivity index is 2.34. The molecule has 0 saturated carbocycles. The maximum Gasteiger partial charge on any atom is 0.181 e. The molecule has 0 amide bonds. The van der Waals surface area contributed by atoms with Gasteiger partial charge in [0.2, 0.25) is 0 Å². The largest absolute Gasteiger partial charge is 0.203 e. The van der Waals surface area contributed by atoms with Crippen LogP contribution in [0.25, 0.3) is 11.1 Å². The molecule has 2 nitrogen and oxygen atoms in total. The van der Waals surface area contributed by atoms with E-state index in [2.05, 4.69) is 75.2 Å². The summed E-state index contributed by atoms with van der Waals surface area (Å²) >= 11 is 0.